The van der Waals surface area contributed by atoms with Crippen LogP contribution < -0.4 is 10.6 Å². The van der Waals surface area contributed by atoms with Crippen LogP contribution in [0.3, 0.4) is 0 Å². The molecule has 6 heteroatoms. The molecule has 0 spiro atoms. The van der Waals surface area contributed by atoms with Gasteiger partial charge in [-0.3, -0.25) is 14.4 Å². The molecule has 1 rings (SSSR count). The van der Waals surface area contributed by atoms with E-state index in [0.29, 0.717) is 18.5 Å². The number of ether oxygens (including phenoxy) is 1. The highest BCUT2D eigenvalue weighted by molar-refractivity contribution is 5.97. The molecule has 2 amide bonds. The van der Waals surface area contributed by atoms with Crippen molar-refractivity contribution < 1.29 is 19.1 Å². The van der Waals surface area contributed by atoms with Gasteiger partial charge in [0.15, 0.2) is 0 Å². The molecule has 0 saturated carbocycles. The van der Waals surface area contributed by atoms with Crippen molar-refractivity contribution in [2.75, 3.05) is 13.7 Å². The highest BCUT2D eigenvalue weighted by atomic mass is 16.5. The Bertz CT molecular complexity index is 567. The molecule has 0 fully saturated rings. The molecule has 0 aromatic heterocycles. The van der Waals surface area contributed by atoms with Crippen molar-refractivity contribution in [3.63, 3.8) is 0 Å². The predicted octanol–water partition coefficient (Wildman–Crippen LogP) is 1.82. The van der Waals surface area contributed by atoms with Gasteiger partial charge < -0.3 is 15.4 Å². The summed E-state index contributed by atoms with van der Waals surface area (Å²) in [5.41, 5.74) is 1.58. The van der Waals surface area contributed by atoms with Gasteiger partial charge in [-0.15, -0.1) is 0 Å². The maximum absolute atomic E-state index is 12.3. The van der Waals surface area contributed by atoms with E-state index in [2.05, 4.69) is 15.4 Å². The number of rotatable bonds is 8. The molecule has 0 aliphatic rings. The van der Waals surface area contributed by atoms with Gasteiger partial charge in [-0.2, -0.15) is 0 Å². The second-order valence-electron chi connectivity index (χ2n) is 6.03. The van der Waals surface area contributed by atoms with Gasteiger partial charge in [0.25, 0.3) is 5.91 Å². The Hall–Kier alpha value is -2.37. The Labute approximate surface area is 143 Å². The summed E-state index contributed by atoms with van der Waals surface area (Å²) in [4.78, 5) is 35.6. The Kier molecular flexibility index (Phi) is 7.95. The fourth-order valence-electron chi connectivity index (χ4n) is 2.12. The van der Waals surface area contributed by atoms with Gasteiger partial charge >= 0.3 is 5.97 Å². The first kappa shape index (κ1) is 19.7. The lowest BCUT2D eigenvalue weighted by atomic mass is 10.0. The first-order valence-corrected chi connectivity index (χ1v) is 8.07. The number of aryl methyl sites for hydroxylation is 1. The molecule has 1 atom stereocenters. The summed E-state index contributed by atoms with van der Waals surface area (Å²) < 4.78 is 4.54. The standard InChI is InChI=1S/C18H26N2O4/c1-12(2)16(18(23)19-11-5-6-15(21)24-4)20-17(22)14-9-7-13(3)8-10-14/h7-10,12,16H,5-6,11H2,1-4H3,(H,19,23)(H,20,22). The molecule has 2 N–H and O–H groups in total. The van der Waals surface area contributed by atoms with Gasteiger partial charge in [-0.25, -0.2) is 0 Å². The van der Waals surface area contributed by atoms with E-state index in [4.69, 9.17) is 0 Å². The Morgan fingerprint density at radius 3 is 2.29 bits per heavy atom. The van der Waals surface area contributed by atoms with Crippen molar-refractivity contribution in [1.29, 1.82) is 0 Å². The normalized spacial score (nSPS) is 11.7. The SMILES string of the molecule is COC(=O)CCCNC(=O)C(NC(=O)c1ccc(C)cc1)C(C)C. The second-order valence-corrected chi connectivity index (χ2v) is 6.03. The highest BCUT2D eigenvalue weighted by Gasteiger charge is 2.24. The molecule has 0 bridgehead atoms. The minimum absolute atomic E-state index is 0.0556. The molecule has 1 aromatic rings. The number of benzene rings is 1. The average Bonchev–Trinajstić information content (AvgIpc) is 2.56. The highest BCUT2D eigenvalue weighted by Crippen LogP contribution is 2.07. The zero-order chi connectivity index (χ0) is 18.1. The van der Waals surface area contributed by atoms with Gasteiger partial charge in [0, 0.05) is 18.5 Å². The molecular formula is C18H26N2O4. The summed E-state index contributed by atoms with van der Waals surface area (Å²) >= 11 is 0. The molecule has 1 aromatic carbocycles. The van der Waals surface area contributed by atoms with Crippen LogP contribution in [0.15, 0.2) is 24.3 Å². The van der Waals surface area contributed by atoms with Crippen LogP contribution in [0.4, 0.5) is 0 Å². The number of hydrogen-bond donors (Lipinski definition) is 2. The third-order valence-electron chi connectivity index (χ3n) is 3.63. The van der Waals surface area contributed by atoms with Gasteiger partial charge in [-0.1, -0.05) is 31.5 Å². The predicted molar refractivity (Wildman–Crippen MR) is 91.5 cm³/mol. The van der Waals surface area contributed by atoms with E-state index in [-0.39, 0.29) is 30.1 Å². The topological polar surface area (TPSA) is 84.5 Å². The van der Waals surface area contributed by atoms with Crippen LogP contribution in [0.1, 0.15) is 42.6 Å². The molecule has 0 radical (unpaired) electrons. The van der Waals surface area contributed by atoms with Gasteiger partial charge in [-0.05, 0) is 31.4 Å². The first-order chi connectivity index (χ1) is 11.3. The van der Waals surface area contributed by atoms with E-state index in [9.17, 15) is 14.4 Å². The summed E-state index contributed by atoms with van der Waals surface area (Å²) in [7, 11) is 1.33. The largest absolute Gasteiger partial charge is 0.469 e. The second kappa shape index (κ2) is 9.70. The average molecular weight is 334 g/mol. The third-order valence-corrected chi connectivity index (χ3v) is 3.63. The van der Waals surface area contributed by atoms with Crippen LogP contribution in [0, 0.1) is 12.8 Å². The monoisotopic (exact) mass is 334 g/mol. The van der Waals surface area contributed by atoms with Crippen LogP contribution in [-0.2, 0) is 14.3 Å². The summed E-state index contributed by atoms with van der Waals surface area (Å²) in [6, 6.07) is 6.54. The fourth-order valence-corrected chi connectivity index (χ4v) is 2.12. The molecule has 0 heterocycles. The summed E-state index contributed by atoms with van der Waals surface area (Å²) in [6.07, 6.45) is 0.744. The van der Waals surface area contributed by atoms with Crippen LogP contribution in [0.2, 0.25) is 0 Å². The molecule has 24 heavy (non-hydrogen) atoms. The Morgan fingerprint density at radius 1 is 1.12 bits per heavy atom. The van der Waals surface area contributed by atoms with Crippen LogP contribution in [-0.4, -0.2) is 37.5 Å². The number of nitrogens with one attached hydrogen (secondary N) is 2. The molecular weight excluding hydrogens is 308 g/mol. The summed E-state index contributed by atoms with van der Waals surface area (Å²) in [5, 5.41) is 5.52. The Morgan fingerprint density at radius 2 is 1.75 bits per heavy atom. The zero-order valence-electron chi connectivity index (χ0n) is 14.7. The maximum Gasteiger partial charge on any atom is 0.305 e. The number of amides is 2. The lowest BCUT2D eigenvalue weighted by Crippen LogP contribution is -2.49. The Balaban J connectivity index is 2.56. The van der Waals surface area contributed by atoms with E-state index in [1.165, 1.54) is 7.11 Å². The number of hydrogen-bond acceptors (Lipinski definition) is 4. The van der Waals surface area contributed by atoms with Crippen molar-refractivity contribution in [2.24, 2.45) is 5.92 Å². The lowest BCUT2D eigenvalue weighted by Gasteiger charge is -2.21. The van der Waals surface area contributed by atoms with Crippen LogP contribution >= 0.6 is 0 Å². The third kappa shape index (κ3) is 6.40. The van der Waals surface area contributed by atoms with E-state index >= 15 is 0 Å². The van der Waals surface area contributed by atoms with Crippen molar-refractivity contribution in [3.05, 3.63) is 35.4 Å². The quantitative estimate of drug-likeness (QED) is 0.561. The van der Waals surface area contributed by atoms with Crippen molar-refractivity contribution >= 4 is 17.8 Å². The molecule has 0 aliphatic heterocycles. The van der Waals surface area contributed by atoms with E-state index in [1.54, 1.807) is 12.1 Å². The van der Waals surface area contributed by atoms with E-state index in [1.807, 2.05) is 32.9 Å². The fraction of sp³-hybridized carbons (Fsp3) is 0.500. The maximum atomic E-state index is 12.3. The van der Waals surface area contributed by atoms with E-state index in [0.717, 1.165) is 5.56 Å². The number of carbonyl (C=O) groups is 3. The van der Waals surface area contributed by atoms with Crippen molar-refractivity contribution in [1.82, 2.24) is 10.6 Å². The number of carbonyl (C=O) groups excluding carboxylic acids is 3. The molecule has 0 saturated heterocycles. The zero-order valence-corrected chi connectivity index (χ0v) is 14.7. The van der Waals surface area contributed by atoms with Crippen molar-refractivity contribution in [2.45, 2.75) is 39.7 Å². The van der Waals surface area contributed by atoms with Gasteiger partial charge in [0.05, 0.1) is 7.11 Å². The molecule has 0 aliphatic carbocycles. The first-order valence-electron chi connectivity index (χ1n) is 8.07. The van der Waals surface area contributed by atoms with Crippen LogP contribution in [0.5, 0.6) is 0 Å². The summed E-state index contributed by atoms with van der Waals surface area (Å²) in [5.74, 6) is -0.897. The minimum Gasteiger partial charge on any atom is -0.469 e. The van der Waals surface area contributed by atoms with Crippen LogP contribution in [0.25, 0.3) is 0 Å². The molecule has 1 unspecified atom stereocenters. The summed E-state index contributed by atoms with van der Waals surface area (Å²) in [6.45, 7) is 6.04. The lowest BCUT2D eigenvalue weighted by molar-refractivity contribution is -0.140. The molecule has 132 valence electrons. The minimum atomic E-state index is -0.628. The molecule has 6 nitrogen and oxygen atoms in total. The number of esters is 1. The smallest absolute Gasteiger partial charge is 0.305 e. The van der Waals surface area contributed by atoms with Gasteiger partial charge in [0.2, 0.25) is 5.91 Å². The number of methoxy groups -OCH3 is 1. The van der Waals surface area contributed by atoms with Crippen molar-refractivity contribution in [3.8, 4) is 0 Å². The van der Waals surface area contributed by atoms with E-state index < -0.39 is 6.04 Å². The van der Waals surface area contributed by atoms with Gasteiger partial charge in [0.1, 0.15) is 6.04 Å².